The van der Waals surface area contributed by atoms with Crippen LogP contribution in [0.5, 0.6) is 0 Å². The molecule has 0 radical (unpaired) electrons. The number of thioether (sulfide) groups is 1. The van der Waals surface area contributed by atoms with Gasteiger partial charge >= 0.3 is 0 Å². The Morgan fingerprint density at radius 2 is 1.95 bits per heavy atom. The zero-order valence-corrected chi connectivity index (χ0v) is 14.4. The predicted octanol–water partition coefficient (Wildman–Crippen LogP) is 3.84. The molecule has 3 nitrogen and oxygen atoms in total. The Bertz CT molecular complexity index is 433. The van der Waals surface area contributed by atoms with Gasteiger partial charge in [-0.2, -0.15) is 16.9 Å². The molecule has 20 heavy (non-hydrogen) atoms. The van der Waals surface area contributed by atoms with Crippen molar-refractivity contribution in [2.24, 2.45) is 0 Å². The van der Waals surface area contributed by atoms with Crippen LogP contribution in [0.15, 0.2) is 0 Å². The fraction of sp³-hybridized carbons (Fsp3) is 0.812. The van der Waals surface area contributed by atoms with Gasteiger partial charge in [-0.15, -0.1) is 0 Å². The van der Waals surface area contributed by atoms with Crippen LogP contribution in [0.25, 0.3) is 0 Å². The molecular weight excluding hydrogens is 266 g/mol. The summed E-state index contributed by atoms with van der Waals surface area (Å²) in [6.45, 7) is 9.74. The van der Waals surface area contributed by atoms with Crippen molar-refractivity contribution in [1.82, 2.24) is 15.1 Å². The lowest BCUT2D eigenvalue weighted by molar-refractivity contribution is 0.351. The molecule has 0 aliphatic heterocycles. The minimum Gasteiger partial charge on any atom is -0.307 e. The highest BCUT2D eigenvalue weighted by Crippen LogP contribution is 2.29. The fourth-order valence-corrected chi connectivity index (χ4v) is 4.29. The SMILES string of the molecule is CCn1nc(C)c(C(C)NC2CCC(SC)CC2)c1C. The van der Waals surface area contributed by atoms with Crippen LogP contribution in [0.1, 0.15) is 62.5 Å². The number of aryl methyl sites for hydroxylation is 2. The first-order chi connectivity index (χ1) is 9.56. The molecule has 1 aromatic rings. The van der Waals surface area contributed by atoms with Gasteiger partial charge in [0.1, 0.15) is 0 Å². The summed E-state index contributed by atoms with van der Waals surface area (Å²) in [4.78, 5) is 0. The summed E-state index contributed by atoms with van der Waals surface area (Å²) in [5.41, 5.74) is 3.91. The van der Waals surface area contributed by atoms with Gasteiger partial charge in [-0.1, -0.05) is 0 Å². The van der Waals surface area contributed by atoms with Crippen LogP contribution in [0.3, 0.4) is 0 Å². The van der Waals surface area contributed by atoms with Crippen LogP contribution >= 0.6 is 11.8 Å². The summed E-state index contributed by atoms with van der Waals surface area (Å²) in [6.07, 6.45) is 7.59. The summed E-state index contributed by atoms with van der Waals surface area (Å²) in [6, 6.07) is 1.09. The minimum atomic E-state index is 0.408. The van der Waals surface area contributed by atoms with E-state index in [0.29, 0.717) is 12.1 Å². The van der Waals surface area contributed by atoms with Crippen molar-refractivity contribution >= 4 is 11.8 Å². The van der Waals surface area contributed by atoms with Crippen molar-refractivity contribution in [3.05, 3.63) is 17.0 Å². The van der Waals surface area contributed by atoms with E-state index in [4.69, 9.17) is 0 Å². The van der Waals surface area contributed by atoms with Crippen molar-refractivity contribution in [2.75, 3.05) is 6.26 Å². The van der Waals surface area contributed by atoms with Crippen LogP contribution < -0.4 is 5.32 Å². The van der Waals surface area contributed by atoms with E-state index in [9.17, 15) is 0 Å². The number of aromatic nitrogens is 2. The lowest BCUT2D eigenvalue weighted by Gasteiger charge is -2.30. The maximum absolute atomic E-state index is 4.64. The molecule has 1 saturated carbocycles. The smallest absolute Gasteiger partial charge is 0.0644 e. The minimum absolute atomic E-state index is 0.408. The first kappa shape index (κ1) is 15.9. The highest BCUT2D eigenvalue weighted by atomic mass is 32.2. The van der Waals surface area contributed by atoms with E-state index in [1.54, 1.807) is 0 Å². The van der Waals surface area contributed by atoms with E-state index in [-0.39, 0.29) is 0 Å². The Hall–Kier alpha value is -0.480. The first-order valence-electron chi connectivity index (χ1n) is 7.89. The second kappa shape index (κ2) is 6.99. The van der Waals surface area contributed by atoms with Gasteiger partial charge in [-0.3, -0.25) is 4.68 Å². The molecule has 4 heteroatoms. The van der Waals surface area contributed by atoms with Crippen LogP contribution in [0, 0.1) is 13.8 Å². The topological polar surface area (TPSA) is 29.9 Å². The van der Waals surface area contributed by atoms with Gasteiger partial charge < -0.3 is 5.32 Å². The van der Waals surface area contributed by atoms with Crippen LogP contribution in [-0.2, 0) is 6.54 Å². The van der Waals surface area contributed by atoms with Gasteiger partial charge in [-0.05, 0) is 59.6 Å². The Kier molecular flexibility index (Phi) is 5.56. The summed E-state index contributed by atoms with van der Waals surface area (Å²) in [7, 11) is 0. The van der Waals surface area contributed by atoms with Gasteiger partial charge in [-0.25, -0.2) is 0 Å². The maximum Gasteiger partial charge on any atom is 0.0644 e. The van der Waals surface area contributed by atoms with Gasteiger partial charge in [0.25, 0.3) is 0 Å². The molecule has 0 aromatic carbocycles. The van der Waals surface area contributed by atoms with Gasteiger partial charge in [0.15, 0.2) is 0 Å². The molecule has 1 aliphatic carbocycles. The predicted molar refractivity (Wildman–Crippen MR) is 88.5 cm³/mol. The molecule has 1 heterocycles. The van der Waals surface area contributed by atoms with E-state index >= 15 is 0 Å². The van der Waals surface area contributed by atoms with Crippen molar-refractivity contribution in [3.63, 3.8) is 0 Å². The molecule has 1 atom stereocenters. The van der Waals surface area contributed by atoms with Crippen LogP contribution in [-0.4, -0.2) is 27.3 Å². The van der Waals surface area contributed by atoms with E-state index in [1.807, 2.05) is 11.8 Å². The third-order valence-electron chi connectivity index (χ3n) is 4.66. The standard InChI is InChI=1S/C16H29N3S/c1-6-19-13(4)16(12(3)18-19)11(2)17-14-7-9-15(20-5)10-8-14/h11,14-15,17H,6-10H2,1-5H3. The number of nitrogens with zero attached hydrogens (tertiary/aromatic N) is 2. The molecule has 0 spiro atoms. The fourth-order valence-electron chi connectivity index (χ4n) is 3.55. The molecule has 1 N–H and O–H groups in total. The quantitative estimate of drug-likeness (QED) is 0.895. The molecular formula is C16H29N3S. The van der Waals surface area contributed by atoms with E-state index in [2.05, 4.69) is 49.0 Å². The molecule has 1 unspecified atom stereocenters. The Morgan fingerprint density at radius 3 is 2.45 bits per heavy atom. The molecule has 0 amide bonds. The number of hydrogen-bond donors (Lipinski definition) is 1. The van der Waals surface area contributed by atoms with Crippen molar-refractivity contribution < 1.29 is 0 Å². The molecule has 1 fully saturated rings. The summed E-state index contributed by atoms with van der Waals surface area (Å²) in [5.74, 6) is 0. The average Bonchev–Trinajstić information content (AvgIpc) is 2.74. The third kappa shape index (κ3) is 3.40. The Balaban J connectivity index is 1.98. The molecule has 2 rings (SSSR count). The highest BCUT2D eigenvalue weighted by molar-refractivity contribution is 7.99. The number of rotatable bonds is 5. The van der Waals surface area contributed by atoms with Gasteiger partial charge in [0, 0.05) is 35.1 Å². The Labute approximate surface area is 127 Å². The van der Waals surface area contributed by atoms with Crippen LogP contribution in [0.4, 0.5) is 0 Å². The summed E-state index contributed by atoms with van der Waals surface area (Å²) >= 11 is 2.03. The second-order valence-electron chi connectivity index (χ2n) is 6.00. The summed E-state index contributed by atoms with van der Waals surface area (Å²) < 4.78 is 2.12. The van der Waals surface area contributed by atoms with Crippen molar-refractivity contribution in [1.29, 1.82) is 0 Å². The monoisotopic (exact) mass is 295 g/mol. The normalized spacial score (nSPS) is 24.9. The lowest BCUT2D eigenvalue weighted by atomic mass is 9.93. The van der Waals surface area contributed by atoms with Gasteiger partial charge in [0.05, 0.1) is 5.69 Å². The lowest BCUT2D eigenvalue weighted by Crippen LogP contribution is -2.35. The largest absolute Gasteiger partial charge is 0.307 e. The molecule has 114 valence electrons. The number of hydrogen-bond acceptors (Lipinski definition) is 3. The zero-order valence-electron chi connectivity index (χ0n) is 13.6. The zero-order chi connectivity index (χ0) is 14.7. The molecule has 1 aromatic heterocycles. The number of nitrogens with one attached hydrogen (secondary N) is 1. The van der Waals surface area contributed by atoms with E-state index in [1.165, 1.54) is 42.6 Å². The third-order valence-corrected chi connectivity index (χ3v) is 5.80. The highest BCUT2D eigenvalue weighted by Gasteiger charge is 2.24. The van der Waals surface area contributed by atoms with Gasteiger partial charge in [0.2, 0.25) is 0 Å². The second-order valence-corrected chi connectivity index (χ2v) is 7.14. The molecule has 0 saturated heterocycles. The van der Waals surface area contributed by atoms with E-state index < -0.39 is 0 Å². The maximum atomic E-state index is 4.64. The van der Waals surface area contributed by atoms with E-state index in [0.717, 1.165) is 11.8 Å². The average molecular weight is 295 g/mol. The van der Waals surface area contributed by atoms with Crippen LogP contribution in [0.2, 0.25) is 0 Å². The first-order valence-corrected chi connectivity index (χ1v) is 9.18. The van der Waals surface area contributed by atoms with Crippen molar-refractivity contribution in [3.8, 4) is 0 Å². The Morgan fingerprint density at radius 1 is 1.30 bits per heavy atom. The molecule has 0 bridgehead atoms. The molecule has 1 aliphatic rings. The summed E-state index contributed by atoms with van der Waals surface area (Å²) in [5, 5.41) is 9.36. The van der Waals surface area contributed by atoms with Crippen molar-refractivity contribution in [2.45, 2.75) is 77.3 Å².